The lowest BCUT2D eigenvalue weighted by molar-refractivity contribution is -0.126. The molecular formula is C24H31N3O4S. The summed E-state index contributed by atoms with van der Waals surface area (Å²) < 4.78 is 32.4. The van der Waals surface area contributed by atoms with Gasteiger partial charge in [0.2, 0.25) is 15.9 Å². The minimum atomic E-state index is -3.50. The average Bonchev–Trinajstić information content (AvgIpc) is 3.54. The Balaban J connectivity index is 1.29. The first-order chi connectivity index (χ1) is 15.5. The number of carbonyl (C=O) groups excluding carboxylic acids is 1. The molecule has 1 aromatic carbocycles. The highest BCUT2D eigenvalue weighted by Gasteiger charge is 2.31. The van der Waals surface area contributed by atoms with Crippen LogP contribution in [0.25, 0.3) is 6.08 Å². The van der Waals surface area contributed by atoms with E-state index in [0.29, 0.717) is 32.5 Å². The molecule has 0 saturated carbocycles. The summed E-state index contributed by atoms with van der Waals surface area (Å²) in [5.74, 6) is 0.700. The van der Waals surface area contributed by atoms with Crippen LogP contribution >= 0.6 is 0 Å². The van der Waals surface area contributed by atoms with E-state index in [9.17, 15) is 13.2 Å². The minimum absolute atomic E-state index is 0.00220. The van der Waals surface area contributed by atoms with Crippen LogP contribution in [0.3, 0.4) is 0 Å². The second kappa shape index (κ2) is 10.5. The fourth-order valence-corrected chi connectivity index (χ4v) is 5.69. The van der Waals surface area contributed by atoms with Crippen LogP contribution in [-0.4, -0.2) is 56.3 Å². The monoisotopic (exact) mass is 457 g/mol. The summed E-state index contributed by atoms with van der Waals surface area (Å²) in [6.07, 6.45) is 6.66. The van der Waals surface area contributed by atoms with Gasteiger partial charge in [0.1, 0.15) is 5.76 Å². The van der Waals surface area contributed by atoms with E-state index >= 15 is 0 Å². The zero-order valence-corrected chi connectivity index (χ0v) is 19.0. The van der Waals surface area contributed by atoms with Gasteiger partial charge < -0.3 is 9.73 Å². The highest BCUT2D eigenvalue weighted by atomic mass is 32.2. The van der Waals surface area contributed by atoms with E-state index in [0.717, 1.165) is 37.3 Å². The molecule has 2 aliphatic rings. The number of sulfonamides is 1. The third-order valence-corrected chi connectivity index (χ3v) is 7.90. The Labute approximate surface area is 190 Å². The van der Waals surface area contributed by atoms with Crippen molar-refractivity contribution in [2.24, 2.45) is 5.92 Å². The minimum Gasteiger partial charge on any atom is -0.468 e. The molecule has 0 bridgehead atoms. The number of nitrogens with zero attached hydrogens (tertiary/aromatic N) is 2. The second-order valence-electron chi connectivity index (χ2n) is 8.45. The topological polar surface area (TPSA) is 82.9 Å². The molecule has 0 radical (unpaired) electrons. The van der Waals surface area contributed by atoms with Gasteiger partial charge in [-0.2, -0.15) is 4.31 Å². The van der Waals surface area contributed by atoms with Crippen LogP contribution in [0.15, 0.2) is 58.6 Å². The molecule has 2 aliphatic heterocycles. The maximum atomic E-state index is 12.8. The van der Waals surface area contributed by atoms with Gasteiger partial charge >= 0.3 is 0 Å². The molecule has 32 heavy (non-hydrogen) atoms. The van der Waals surface area contributed by atoms with Crippen molar-refractivity contribution in [3.63, 3.8) is 0 Å². The Morgan fingerprint density at radius 2 is 1.78 bits per heavy atom. The number of amides is 1. The number of carbonyl (C=O) groups is 1. The van der Waals surface area contributed by atoms with Crippen LogP contribution in [0.1, 0.15) is 43.0 Å². The Bertz CT molecular complexity index is 991. The van der Waals surface area contributed by atoms with Gasteiger partial charge in [-0.05, 0) is 62.5 Å². The molecule has 2 fully saturated rings. The third kappa shape index (κ3) is 5.68. The molecule has 3 heterocycles. The zero-order valence-electron chi connectivity index (χ0n) is 18.2. The maximum Gasteiger partial charge on any atom is 0.236 e. The van der Waals surface area contributed by atoms with Crippen molar-refractivity contribution < 1.29 is 17.6 Å². The van der Waals surface area contributed by atoms with E-state index in [1.807, 2.05) is 42.5 Å². The van der Waals surface area contributed by atoms with E-state index in [1.165, 1.54) is 9.71 Å². The number of nitrogens with one attached hydrogen (secondary N) is 1. The number of benzene rings is 1. The van der Waals surface area contributed by atoms with Crippen LogP contribution < -0.4 is 5.32 Å². The first kappa shape index (κ1) is 22.8. The third-order valence-electron chi connectivity index (χ3n) is 6.34. The van der Waals surface area contributed by atoms with Gasteiger partial charge in [-0.15, -0.1) is 0 Å². The Morgan fingerprint density at radius 1 is 1.06 bits per heavy atom. The normalized spacial score (nSPS) is 20.0. The average molecular weight is 458 g/mol. The van der Waals surface area contributed by atoms with E-state index in [1.54, 1.807) is 12.3 Å². The fourth-order valence-electron chi connectivity index (χ4n) is 4.47. The number of hydrogen-bond donors (Lipinski definition) is 1. The van der Waals surface area contributed by atoms with Crippen molar-refractivity contribution in [2.45, 2.75) is 31.7 Å². The predicted octanol–water partition coefficient (Wildman–Crippen LogP) is 3.25. The summed E-state index contributed by atoms with van der Waals surface area (Å²) in [6, 6.07) is 13.2. The molecular weight excluding hydrogens is 426 g/mol. The zero-order chi connectivity index (χ0) is 22.4. The molecule has 1 N–H and O–H groups in total. The molecule has 2 saturated heterocycles. The van der Waals surface area contributed by atoms with Crippen LogP contribution in [0, 0.1) is 5.92 Å². The first-order valence-corrected chi connectivity index (χ1v) is 12.8. The fraction of sp³-hybridized carbons (Fsp3) is 0.458. The predicted molar refractivity (Wildman–Crippen MR) is 124 cm³/mol. The molecule has 2 aromatic rings. The smallest absolute Gasteiger partial charge is 0.236 e. The van der Waals surface area contributed by atoms with Crippen LogP contribution in [0.4, 0.5) is 0 Å². The van der Waals surface area contributed by atoms with Crippen molar-refractivity contribution in [1.82, 2.24) is 14.5 Å². The lowest BCUT2D eigenvalue weighted by Gasteiger charge is -2.31. The maximum absolute atomic E-state index is 12.8. The van der Waals surface area contributed by atoms with Crippen molar-refractivity contribution >= 4 is 22.0 Å². The molecule has 1 amide bonds. The molecule has 172 valence electrons. The van der Waals surface area contributed by atoms with Crippen molar-refractivity contribution in [3.8, 4) is 0 Å². The number of likely N-dealkylation sites (tertiary alicyclic amines) is 1. The summed E-state index contributed by atoms with van der Waals surface area (Å²) in [5, 5.41) is 4.35. The summed E-state index contributed by atoms with van der Waals surface area (Å²) in [6.45, 7) is 3.23. The molecule has 0 aliphatic carbocycles. The standard InChI is InChI=1S/C24H31N3O4S/c28-24(25-19-22(23-9-6-17-31-23)26-13-4-5-14-26)21-10-15-27(16-11-21)32(29,30)18-12-20-7-2-1-3-8-20/h1-3,6-9,12,17-18,21-22H,4-5,10-11,13-16,19H2,(H,25,28)/b18-12+/t22-/m1/s1. The van der Waals surface area contributed by atoms with E-state index in [-0.39, 0.29) is 17.9 Å². The van der Waals surface area contributed by atoms with Gasteiger partial charge in [-0.3, -0.25) is 9.69 Å². The molecule has 1 aromatic heterocycles. The van der Waals surface area contributed by atoms with Gasteiger partial charge in [-0.25, -0.2) is 8.42 Å². The molecule has 0 unspecified atom stereocenters. The summed E-state index contributed by atoms with van der Waals surface area (Å²) in [5.41, 5.74) is 0.842. The van der Waals surface area contributed by atoms with E-state index < -0.39 is 10.0 Å². The van der Waals surface area contributed by atoms with Crippen molar-refractivity contribution in [1.29, 1.82) is 0 Å². The number of furan rings is 1. The Kier molecular flexibility index (Phi) is 7.44. The quantitative estimate of drug-likeness (QED) is 0.658. The number of hydrogen-bond acceptors (Lipinski definition) is 5. The Morgan fingerprint density at radius 3 is 2.44 bits per heavy atom. The molecule has 0 spiro atoms. The number of rotatable bonds is 8. The van der Waals surface area contributed by atoms with Gasteiger partial charge in [0.05, 0.1) is 12.3 Å². The molecule has 7 nitrogen and oxygen atoms in total. The first-order valence-electron chi connectivity index (χ1n) is 11.3. The highest BCUT2D eigenvalue weighted by Crippen LogP contribution is 2.26. The Hall–Kier alpha value is -2.42. The van der Waals surface area contributed by atoms with E-state index in [2.05, 4.69) is 10.2 Å². The van der Waals surface area contributed by atoms with Crippen molar-refractivity contribution in [2.75, 3.05) is 32.7 Å². The summed E-state index contributed by atoms with van der Waals surface area (Å²) in [4.78, 5) is 15.2. The van der Waals surface area contributed by atoms with Crippen molar-refractivity contribution in [3.05, 3.63) is 65.5 Å². The SMILES string of the molecule is O=C(NC[C@H](c1ccco1)N1CCCC1)C1CCN(S(=O)(=O)/C=C/c2ccccc2)CC1. The van der Waals surface area contributed by atoms with Gasteiger partial charge in [0.15, 0.2) is 0 Å². The summed E-state index contributed by atoms with van der Waals surface area (Å²) in [7, 11) is -3.50. The van der Waals surface area contributed by atoms with Crippen LogP contribution in [0.5, 0.6) is 0 Å². The lowest BCUT2D eigenvalue weighted by Crippen LogP contribution is -2.44. The molecule has 8 heteroatoms. The largest absolute Gasteiger partial charge is 0.468 e. The molecule has 4 rings (SSSR count). The van der Waals surface area contributed by atoms with Gasteiger partial charge in [0, 0.05) is 31.0 Å². The van der Waals surface area contributed by atoms with Crippen LogP contribution in [-0.2, 0) is 14.8 Å². The second-order valence-corrected chi connectivity index (χ2v) is 10.3. The van der Waals surface area contributed by atoms with E-state index in [4.69, 9.17) is 4.42 Å². The summed E-state index contributed by atoms with van der Waals surface area (Å²) >= 11 is 0. The number of piperidine rings is 1. The lowest BCUT2D eigenvalue weighted by atomic mass is 9.97. The van der Waals surface area contributed by atoms with Gasteiger partial charge in [0.25, 0.3) is 0 Å². The van der Waals surface area contributed by atoms with Gasteiger partial charge in [-0.1, -0.05) is 30.3 Å². The molecule has 1 atom stereocenters. The van der Waals surface area contributed by atoms with Crippen LogP contribution in [0.2, 0.25) is 0 Å². The highest BCUT2D eigenvalue weighted by molar-refractivity contribution is 7.92.